The van der Waals surface area contributed by atoms with E-state index < -0.39 is 0 Å². The van der Waals surface area contributed by atoms with Crippen LogP contribution in [0.15, 0.2) is 51.5 Å². The molecule has 5 rings (SSSR count). The highest BCUT2D eigenvalue weighted by atomic mass is 32.2. The summed E-state index contributed by atoms with van der Waals surface area (Å²) >= 11 is 3.12. The van der Waals surface area contributed by atoms with Gasteiger partial charge in [-0.3, -0.25) is 4.57 Å². The Morgan fingerprint density at radius 3 is 2.70 bits per heavy atom. The van der Waals surface area contributed by atoms with Gasteiger partial charge in [0.05, 0.1) is 29.5 Å². The summed E-state index contributed by atoms with van der Waals surface area (Å²) in [5.74, 6) is 2.56. The number of aryl methyl sites for hydroxylation is 1. The van der Waals surface area contributed by atoms with E-state index in [9.17, 15) is 0 Å². The molecule has 0 radical (unpaired) electrons. The van der Waals surface area contributed by atoms with Gasteiger partial charge in [0, 0.05) is 13.1 Å². The maximum atomic E-state index is 5.50. The third-order valence-electron chi connectivity index (χ3n) is 4.73. The van der Waals surface area contributed by atoms with E-state index in [-0.39, 0.29) is 0 Å². The molecule has 1 aliphatic rings. The lowest BCUT2D eigenvalue weighted by atomic mass is 10.2. The van der Waals surface area contributed by atoms with Gasteiger partial charge >= 0.3 is 0 Å². The van der Waals surface area contributed by atoms with E-state index in [2.05, 4.69) is 61.0 Å². The van der Waals surface area contributed by atoms with Crippen LogP contribution in [-0.2, 0) is 10.5 Å². The molecule has 0 saturated carbocycles. The normalized spacial score (nSPS) is 14.4. The maximum Gasteiger partial charge on any atom is 0.268 e. The van der Waals surface area contributed by atoms with Gasteiger partial charge in [0.1, 0.15) is 0 Å². The minimum Gasteiger partial charge on any atom is -0.378 e. The van der Waals surface area contributed by atoms with Crippen molar-refractivity contribution < 1.29 is 9.26 Å². The second kappa shape index (κ2) is 8.58. The minimum atomic E-state index is 0.544. The Balaban J connectivity index is 1.41. The zero-order valence-electron chi connectivity index (χ0n) is 16.4. The van der Waals surface area contributed by atoms with Crippen LogP contribution in [0.3, 0.4) is 0 Å². The molecule has 1 aliphatic heterocycles. The molecule has 1 aromatic carbocycles. The molecule has 0 atom stereocenters. The Labute approximate surface area is 181 Å². The highest BCUT2D eigenvalue weighted by Crippen LogP contribution is 2.30. The first kappa shape index (κ1) is 19.3. The first-order valence-corrected chi connectivity index (χ1v) is 11.5. The van der Waals surface area contributed by atoms with Crippen molar-refractivity contribution in [1.82, 2.24) is 24.9 Å². The van der Waals surface area contributed by atoms with E-state index in [1.54, 1.807) is 23.1 Å². The van der Waals surface area contributed by atoms with E-state index in [1.165, 1.54) is 5.56 Å². The van der Waals surface area contributed by atoms with Crippen molar-refractivity contribution in [3.05, 3.63) is 53.2 Å². The summed E-state index contributed by atoms with van der Waals surface area (Å²) in [6.45, 7) is 5.05. The molecule has 0 unspecified atom stereocenters. The molecule has 154 valence electrons. The average molecular weight is 441 g/mol. The van der Waals surface area contributed by atoms with Crippen molar-refractivity contribution in [2.45, 2.75) is 17.8 Å². The summed E-state index contributed by atoms with van der Waals surface area (Å²) in [6.07, 6.45) is 0. The van der Waals surface area contributed by atoms with Gasteiger partial charge < -0.3 is 14.2 Å². The van der Waals surface area contributed by atoms with Gasteiger partial charge in [0.2, 0.25) is 5.95 Å². The first-order valence-electron chi connectivity index (χ1n) is 9.62. The SMILES string of the molecule is Cc1ccc(-n2c(SCc3noc(-c4cccs4)n3)nnc2N2CCOCC2)cc1. The molecular formula is C20H20N6O2S2. The van der Waals surface area contributed by atoms with Gasteiger partial charge in [-0.15, -0.1) is 21.5 Å². The highest BCUT2D eigenvalue weighted by Gasteiger charge is 2.22. The van der Waals surface area contributed by atoms with E-state index in [4.69, 9.17) is 9.26 Å². The van der Waals surface area contributed by atoms with E-state index in [0.717, 1.165) is 34.8 Å². The predicted octanol–water partition coefficient (Wildman–Crippen LogP) is 3.82. The topological polar surface area (TPSA) is 82.1 Å². The summed E-state index contributed by atoms with van der Waals surface area (Å²) < 4.78 is 13.0. The number of benzene rings is 1. The number of anilines is 1. The Bertz CT molecular complexity index is 1100. The van der Waals surface area contributed by atoms with Crippen LogP contribution in [0, 0.1) is 6.92 Å². The van der Waals surface area contributed by atoms with Crippen LogP contribution in [0.2, 0.25) is 0 Å². The third kappa shape index (κ3) is 3.98. The molecule has 30 heavy (non-hydrogen) atoms. The Kier molecular flexibility index (Phi) is 5.52. The van der Waals surface area contributed by atoms with Crippen LogP contribution in [0.4, 0.5) is 5.95 Å². The predicted molar refractivity (Wildman–Crippen MR) is 116 cm³/mol. The van der Waals surface area contributed by atoms with Crippen molar-refractivity contribution in [1.29, 1.82) is 0 Å². The average Bonchev–Trinajstić information content (AvgIpc) is 3.53. The van der Waals surface area contributed by atoms with Gasteiger partial charge in [-0.2, -0.15) is 4.98 Å². The fourth-order valence-electron chi connectivity index (χ4n) is 3.19. The lowest BCUT2D eigenvalue weighted by molar-refractivity contribution is 0.122. The molecule has 1 saturated heterocycles. The second-order valence-electron chi connectivity index (χ2n) is 6.83. The minimum absolute atomic E-state index is 0.544. The molecule has 0 aliphatic carbocycles. The maximum absolute atomic E-state index is 5.50. The lowest BCUT2D eigenvalue weighted by Crippen LogP contribution is -2.37. The van der Waals surface area contributed by atoms with E-state index in [1.807, 2.05) is 17.5 Å². The molecule has 0 N–H and O–H groups in total. The number of thioether (sulfide) groups is 1. The molecule has 4 aromatic rings. The molecule has 4 heterocycles. The third-order valence-corrected chi connectivity index (χ3v) is 6.52. The van der Waals surface area contributed by atoms with Crippen molar-refractivity contribution in [3.63, 3.8) is 0 Å². The second-order valence-corrected chi connectivity index (χ2v) is 8.72. The van der Waals surface area contributed by atoms with Crippen LogP contribution in [0.5, 0.6) is 0 Å². The molecule has 8 nitrogen and oxygen atoms in total. The van der Waals surface area contributed by atoms with Gasteiger partial charge in [-0.05, 0) is 30.5 Å². The number of morpholine rings is 1. The van der Waals surface area contributed by atoms with Crippen molar-refractivity contribution in [2.75, 3.05) is 31.2 Å². The number of ether oxygens (including phenoxy) is 1. The fourth-order valence-corrected chi connectivity index (χ4v) is 4.62. The highest BCUT2D eigenvalue weighted by molar-refractivity contribution is 7.98. The molecule has 1 fully saturated rings. The molecule has 3 aromatic heterocycles. The van der Waals surface area contributed by atoms with Gasteiger partial charge in [0.15, 0.2) is 11.0 Å². The van der Waals surface area contributed by atoms with Crippen LogP contribution >= 0.6 is 23.1 Å². The van der Waals surface area contributed by atoms with Crippen molar-refractivity contribution in [3.8, 4) is 16.5 Å². The number of hydrogen-bond acceptors (Lipinski definition) is 9. The quantitative estimate of drug-likeness (QED) is 0.419. The van der Waals surface area contributed by atoms with Gasteiger partial charge in [-0.1, -0.05) is 40.7 Å². The molecular weight excluding hydrogens is 420 g/mol. The zero-order valence-corrected chi connectivity index (χ0v) is 18.0. The smallest absolute Gasteiger partial charge is 0.268 e. The first-order chi connectivity index (χ1) is 14.8. The summed E-state index contributed by atoms with van der Waals surface area (Å²) in [5, 5.41) is 15.9. The Morgan fingerprint density at radius 2 is 1.93 bits per heavy atom. The monoisotopic (exact) mass is 440 g/mol. The lowest BCUT2D eigenvalue weighted by Gasteiger charge is -2.27. The van der Waals surface area contributed by atoms with Gasteiger partial charge in [0.25, 0.3) is 5.89 Å². The standard InChI is InChI=1S/C20H20N6O2S2/c1-14-4-6-15(7-5-14)26-19(25-8-10-27-11-9-25)22-23-20(26)30-13-17-21-18(28-24-17)16-3-2-12-29-16/h2-7,12H,8-11,13H2,1H3. The van der Waals surface area contributed by atoms with Crippen LogP contribution in [0.1, 0.15) is 11.4 Å². The molecule has 10 heteroatoms. The summed E-state index contributed by atoms with van der Waals surface area (Å²) in [6, 6.07) is 12.3. The van der Waals surface area contributed by atoms with E-state index in [0.29, 0.717) is 30.7 Å². The molecule has 0 spiro atoms. The largest absolute Gasteiger partial charge is 0.378 e. The van der Waals surface area contributed by atoms with Crippen molar-refractivity contribution in [2.24, 2.45) is 0 Å². The van der Waals surface area contributed by atoms with Crippen LogP contribution in [-0.4, -0.2) is 51.2 Å². The summed E-state index contributed by atoms with van der Waals surface area (Å²) in [7, 11) is 0. The van der Waals surface area contributed by atoms with Crippen LogP contribution in [0.25, 0.3) is 16.5 Å². The number of hydrogen-bond donors (Lipinski definition) is 0. The number of thiophene rings is 1. The molecule has 0 bridgehead atoms. The number of nitrogens with zero attached hydrogens (tertiary/aromatic N) is 6. The Morgan fingerprint density at radius 1 is 1.10 bits per heavy atom. The van der Waals surface area contributed by atoms with E-state index >= 15 is 0 Å². The number of aromatic nitrogens is 5. The summed E-state index contributed by atoms with van der Waals surface area (Å²) in [4.78, 5) is 7.69. The number of rotatable bonds is 6. The van der Waals surface area contributed by atoms with Crippen LogP contribution < -0.4 is 4.90 Å². The van der Waals surface area contributed by atoms with Crippen molar-refractivity contribution >= 4 is 29.0 Å². The van der Waals surface area contributed by atoms with Gasteiger partial charge in [-0.25, -0.2) is 0 Å². The summed E-state index contributed by atoms with van der Waals surface area (Å²) in [5.41, 5.74) is 2.24. The fraction of sp³-hybridized carbons (Fsp3) is 0.300. The molecule has 0 amide bonds. The zero-order chi connectivity index (χ0) is 20.3. The Hall–Kier alpha value is -2.69.